The number of benzene rings is 3. The number of methoxy groups -OCH3 is 4. The molecule has 0 unspecified atom stereocenters. The van der Waals surface area contributed by atoms with E-state index in [2.05, 4.69) is 4.85 Å². The number of ether oxygens (including phenoxy) is 8. The molecule has 0 saturated carbocycles. The zero-order chi connectivity index (χ0) is 41.3. The molecule has 0 aromatic heterocycles. The van der Waals surface area contributed by atoms with Gasteiger partial charge in [-0.2, -0.15) is 26.3 Å². The Kier molecular flexibility index (Phi) is 28.9. The molecule has 3 aromatic rings. The number of carbonyl (C=O) groups excluding carboxylic acids is 1. The van der Waals surface area contributed by atoms with Gasteiger partial charge in [0.15, 0.2) is 61.7 Å². The Labute approximate surface area is 325 Å². The minimum absolute atomic E-state index is 0. The standard InChI is InChI=1S/C14H14N2O4.C11H14O5.C10H6N2O2.C3H2N2.CH4/c1-17-9-19-13-4-3-11(5-12(7-15)8-16)6-14(13)20-10-18-2;1-13-7-15-10-4-3-9(6-12)5-11(10)16-8-14-2;11-5-8(6-12)3-7-1-2-9(13)10(14)4-7;1-5-3-2-4;/h3-6H,9-10H2,1-2H3;3-6H,7-8H2,1-2H3;1-4,13-14H;3H2;1H4. The van der Waals surface area contributed by atoms with Crippen LogP contribution in [-0.2, 0) is 18.9 Å². The maximum atomic E-state index is 10.6. The molecule has 17 heteroatoms. The number of nitrogens with zero attached hydrogens (tertiary/aromatic N) is 6. The molecular weight excluding hydrogens is 728 g/mol. The highest BCUT2D eigenvalue weighted by Crippen LogP contribution is 2.30. The lowest BCUT2D eigenvalue weighted by atomic mass is 10.1. The molecule has 0 fully saturated rings. The van der Waals surface area contributed by atoms with Crippen LogP contribution in [-0.4, -0.2) is 78.7 Å². The van der Waals surface area contributed by atoms with Crippen LogP contribution < -0.4 is 18.9 Å². The smallest absolute Gasteiger partial charge is 0.298 e. The Bertz CT molecular complexity index is 1930. The van der Waals surface area contributed by atoms with Gasteiger partial charge in [-0.1, -0.05) is 19.6 Å². The molecule has 0 radical (unpaired) electrons. The van der Waals surface area contributed by atoms with Gasteiger partial charge in [-0.05, 0) is 65.7 Å². The van der Waals surface area contributed by atoms with E-state index in [0.717, 1.165) is 6.29 Å². The molecule has 292 valence electrons. The summed E-state index contributed by atoms with van der Waals surface area (Å²) in [5.41, 5.74) is 1.59. The van der Waals surface area contributed by atoms with Crippen LogP contribution in [0.25, 0.3) is 17.0 Å². The molecule has 17 nitrogen and oxygen atoms in total. The number of aldehydes is 1. The lowest BCUT2D eigenvalue weighted by Crippen LogP contribution is -2.04. The molecule has 2 N–H and O–H groups in total. The van der Waals surface area contributed by atoms with Crippen LogP contribution >= 0.6 is 0 Å². The van der Waals surface area contributed by atoms with Crippen molar-refractivity contribution in [1.29, 1.82) is 26.3 Å². The van der Waals surface area contributed by atoms with Crippen molar-refractivity contribution in [2.24, 2.45) is 0 Å². The Morgan fingerprint density at radius 1 is 0.607 bits per heavy atom. The average Bonchev–Trinajstić information content (AvgIpc) is 3.21. The number of phenols is 2. The van der Waals surface area contributed by atoms with E-state index in [4.69, 9.17) is 81.0 Å². The maximum absolute atomic E-state index is 10.6. The highest BCUT2D eigenvalue weighted by molar-refractivity contribution is 5.76. The van der Waals surface area contributed by atoms with Gasteiger partial charge >= 0.3 is 0 Å². The first-order chi connectivity index (χ1) is 26.6. The first-order valence-electron chi connectivity index (χ1n) is 15.1. The second kappa shape index (κ2) is 32.1. The quantitative estimate of drug-likeness (QED) is 0.0439. The van der Waals surface area contributed by atoms with Gasteiger partial charge in [0.25, 0.3) is 6.54 Å². The topological polar surface area (TPSA) is 255 Å². The molecule has 0 spiro atoms. The second-order valence-electron chi connectivity index (χ2n) is 9.52. The van der Waals surface area contributed by atoms with Crippen LogP contribution in [0.15, 0.2) is 65.7 Å². The van der Waals surface area contributed by atoms with E-state index in [0.29, 0.717) is 39.7 Å². The summed E-state index contributed by atoms with van der Waals surface area (Å²) in [4.78, 5) is 13.3. The lowest BCUT2D eigenvalue weighted by molar-refractivity contribution is 0.0322. The summed E-state index contributed by atoms with van der Waals surface area (Å²) in [5.74, 6) is 1.35. The number of hydrogen-bond donors (Lipinski definition) is 2. The van der Waals surface area contributed by atoms with E-state index in [1.807, 2.05) is 0 Å². The summed E-state index contributed by atoms with van der Waals surface area (Å²) >= 11 is 0. The maximum Gasteiger partial charge on any atom is 0.298 e. The van der Waals surface area contributed by atoms with Gasteiger partial charge in [0.1, 0.15) is 47.8 Å². The zero-order valence-electron chi connectivity index (χ0n) is 30.2. The highest BCUT2D eigenvalue weighted by Gasteiger charge is 2.08. The van der Waals surface area contributed by atoms with Crippen molar-refractivity contribution in [3.05, 3.63) is 93.9 Å². The summed E-state index contributed by atoms with van der Waals surface area (Å²) in [6, 6.07) is 22.6. The van der Waals surface area contributed by atoms with Crippen molar-refractivity contribution in [2.45, 2.75) is 7.43 Å². The second-order valence-corrected chi connectivity index (χ2v) is 9.52. The number of aromatic hydroxyl groups is 2. The largest absolute Gasteiger partial charge is 0.504 e. The van der Waals surface area contributed by atoms with Crippen LogP contribution in [0.5, 0.6) is 34.5 Å². The molecule has 0 amide bonds. The molecule has 0 atom stereocenters. The number of hydrogen-bond acceptors (Lipinski definition) is 16. The summed E-state index contributed by atoms with van der Waals surface area (Å²) in [7, 11) is 6.05. The molecule has 0 bridgehead atoms. The van der Waals surface area contributed by atoms with Crippen molar-refractivity contribution in [1.82, 2.24) is 0 Å². The fourth-order valence-electron chi connectivity index (χ4n) is 3.34. The van der Waals surface area contributed by atoms with Crippen molar-refractivity contribution in [3.8, 4) is 64.8 Å². The van der Waals surface area contributed by atoms with E-state index >= 15 is 0 Å². The van der Waals surface area contributed by atoms with E-state index in [1.165, 1.54) is 58.8 Å². The molecule has 0 saturated heterocycles. The zero-order valence-corrected chi connectivity index (χ0v) is 30.2. The Balaban J connectivity index is 0. The highest BCUT2D eigenvalue weighted by atomic mass is 16.7. The van der Waals surface area contributed by atoms with Crippen molar-refractivity contribution in [3.63, 3.8) is 0 Å². The summed E-state index contributed by atoms with van der Waals surface area (Å²) in [6.07, 6.45) is 3.51. The summed E-state index contributed by atoms with van der Waals surface area (Å²) in [5, 5.41) is 60.1. The van der Waals surface area contributed by atoms with Crippen LogP contribution in [0.1, 0.15) is 28.9 Å². The molecule has 0 heterocycles. The molecular formula is C39H40N6O11. The van der Waals surface area contributed by atoms with E-state index in [-0.39, 0.29) is 63.8 Å². The van der Waals surface area contributed by atoms with E-state index < -0.39 is 0 Å². The SMILES string of the molecule is C.COCOc1ccc(C=C(C#N)C#N)cc1OCOC.COCOc1ccc(C=O)cc1OCOC.N#CC(C#N)=Cc1ccc(O)c(O)c1.[C-]#[N+]CC#N. The average molecular weight is 769 g/mol. The number of nitriles is 5. The minimum atomic E-state index is -0.283. The predicted octanol–water partition coefficient (Wildman–Crippen LogP) is 6.14. The third-order valence-electron chi connectivity index (χ3n) is 5.65. The number of allylic oxidation sites excluding steroid dienone is 2. The van der Waals surface area contributed by atoms with E-state index in [1.54, 1.807) is 66.7 Å². The van der Waals surface area contributed by atoms with Crippen molar-refractivity contribution < 1.29 is 52.9 Å². The third-order valence-corrected chi connectivity index (χ3v) is 5.65. The molecule has 3 aromatic carbocycles. The van der Waals surface area contributed by atoms with Gasteiger partial charge in [0.2, 0.25) is 0 Å². The summed E-state index contributed by atoms with van der Waals surface area (Å²) in [6.45, 7) is 6.33. The number of rotatable bonds is 15. The minimum Gasteiger partial charge on any atom is -0.504 e. The number of phenolic OH excluding ortho intramolecular Hbond substituents is 2. The van der Waals surface area contributed by atoms with Crippen molar-refractivity contribution >= 4 is 18.4 Å². The molecule has 56 heavy (non-hydrogen) atoms. The molecule has 3 rings (SSSR count). The fourth-order valence-corrected chi connectivity index (χ4v) is 3.34. The van der Waals surface area contributed by atoms with Crippen LogP contribution in [0.4, 0.5) is 0 Å². The lowest BCUT2D eigenvalue weighted by Gasteiger charge is -2.12. The third kappa shape index (κ3) is 21.0. The predicted molar refractivity (Wildman–Crippen MR) is 200 cm³/mol. The first kappa shape index (κ1) is 50.5. The molecule has 0 aliphatic carbocycles. The normalized spacial score (nSPS) is 8.61. The Hall–Kier alpha value is -7.61. The Morgan fingerprint density at radius 3 is 1.32 bits per heavy atom. The van der Waals surface area contributed by atoms with Crippen LogP contribution in [0, 0.1) is 63.2 Å². The van der Waals surface area contributed by atoms with Crippen LogP contribution in [0.2, 0.25) is 0 Å². The van der Waals surface area contributed by atoms with Gasteiger partial charge < -0.3 is 53.0 Å². The molecule has 0 aliphatic rings. The summed E-state index contributed by atoms with van der Waals surface area (Å²) < 4.78 is 40.5. The van der Waals surface area contributed by atoms with Gasteiger partial charge in [0.05, 0.1) is 0 Å². The first-order valence-corrected chi connectivity index (χ1v) is 15.1. The number of carbonyl (C=O) groups is 1. The monoisotopic (exact) mass is 768 g/mol. The fraction of sp³-hybridized carbons (Fsp3) is 0.256. The van der Waals surface area contributed by atoms with Gasteiger partial charge in [-0.15, -0.1) is 0 Å². The van der Waals surface area contributed by atoms with E-state index in [9.17, 15) is 4.79 Å². The molecule has 0 aliphatic heterocycles. The van der Waals surface area contributed by atoms with Crippen LogP contribution in [0.3, 0.4) is 0 Å². The van der Waals surface area contributed by atoms with Crippen molar-refractivity contribution in [2.75, 3.05) is 62.2 Å². The van der Waals surface area contributed by atoms with Gasteiger partial charge in [0, 0.05) is 34.0 Å². The Morgan fingerprint density at radius 2 is 0.982 bits per heavy atom. The van der Waals surface area contributed by atoms with Gasteiger partial charge in [-0.25, -0.2) is 6.57 Å². The van der Waals surface area contributed by atoms with Gasteiger partial charge in [-0.3, -0.25) is 4.79 Å².